The summed E-state index contributed by atoms with van der Waals surface area (Å²) in [4.78, 5) is 0. The Morgan fingerprint density at radius 1 is 1.36 bits per heavy atom. The Hall–Kier alpha value is -1.11. The average Bonchev–Trinajstić information content (AvgIpc) is 2.98. The summed E-state index contributed by atoms with van der Waals surface area (Å²) in [6, 6.07) is 5.24. The van der Waals surface area contributed by atoms with Gasteiger partial charge in [0.15, 0.2) is 0 Å². The maximum atomic E-state index is 13.3. The van der Waals surface area contributed by atoms with Crippen molar-refractivity contribution in [3.05, 3.63) is 54.7 Å². The molecular formula is C13H14F. The molecule has 0 spiro atoms. The van der Waals surface area contributed by atoms with Crippen LogP contribution in [0.4, 0.5) is 4.39 Å². The lowest BCUT2D eigenvalue weighted by Gasteiger charge is -2.08. The second-order valence-corrected chi connectivity index (χ2v) is 3.93. The molecule has 1 aliphatic carbocycles. The van der Waals surface area contributed by atoms with Crippen molar-refractivity contribution in [2.45, 2.75) is 24.7 Å². The van der Waals surface area contributed by atoms with E-state index in [0.29, 0.717) is 5.92 Å². The number of rotatable bonds is 3. The van der Waals surface area contributed by atoms with Crippen LogP contribution in [0, 0.1) is 12.7 Å². The summed E-state index contributed by atoms with van der Waals surface area (Å²) in [6.07, 6.45) is 4.13. The normalized spacial score (nSPS) is 17.9. The molecule has 1 unspecified atom stereocenters. The average molecular weight is 189 g/mol. The summed E-state index contributed by atoms with van der Waals surface area (Å²) in [6.45, 7) is 7.58. The summed E-state index contributed by atoms with van der Waals surface area (Å²) in [5.41, 5.74) is 2.05. The Labute approximate surface area is 84.5 Å². The molecule has 1 aromatic carbocycles. The van der Waals surface area contributed by atoms with Gasteiger partial charge in [-0.25, -0.2) is 4.39 Å². The van der Waals surface area contributed by atoms with Crippen LogP contribution in [0.15, 0.2) is 30.9 Å². The van der Waals surface area contributed by atoms with Gasteiger partial charge in [-0.2, -0.15) is 0 Å². The second kappa shape index (κ2) is 3.56. The van der Waals surface area contributed by atoms with E-state index in [4.69, 9.17) is 0 Å². The van der Waals surface area contributed by atoms with Crippen LogP contribution in [0.5, 0.6) is 0 Å². The summed E-state index contributed by atoms with van der Waals surface area (Å²) < 4.78 is 13.3. The summed E-state index contributed by atoms with van der Waals surface area (Å²) in [7, 11) is 0. The van der Waals surface area contributed by atoms with Crippen molar-refractivity contribution in [1.82, 2.24) is 0 Å². The van der Waals surface area contributed by atoms with Crippen molar-refractivity contribution in [3.63, 3.8) is 0 Å². The van der Waals surface area contributed by atoms with Crippen molar-refractivity contribution in [3.8, 4) is 0 Å². The molecule has 1 atom stereocenters. The largest absolute Gasteiger partial charge is 0.207 e. The van der Waals surface area contributed by atoms with E-state index in [1.54, 1.807) is 18.2 Å². The minimum absolute atomic E-state index is 0.0109. The van der Waals surface area contributed by atoms with E-state index in [2.05, 4.69) is 19.6 Å². The van der Waals surface area contributed by atoms with Gasteiger partial charge in [0.1, 0.15) is 5.82 Å². The number of allylic oxidation sites excluding steroid dienone is 1. The Bertz CT molecular complexity index is 350. The zero-order valence-corrected chi connectivity index (χ0v) is 8.17. The Balaban J connectivity index is 2.35. The van der Waals surface area contributed by atoms with Gasteiger partial charge in [0.05, 0.1) is 0 Å². The van der Waals surface area contributed by atoms with Crippen LogP contribution in [0.3, 0.4) is 0 Å². The summed E-state index contributed by atoms with van der Waals surface area (Å²) >= 11 is 0. The lowest BCUT2D eigenvalue weighted by molar-refractivity contribution is 0.623. The lowest BCUT2D eigenvalue weighted by Crippen LogP contribution is -1.93. The number of hydrogen-bond acceptors (Lipinski definition) is 0. The quantitative estimate of drug-likeness (QED) is 0.634. The predicted octanol–water partition coefficient (Wildman–Crippen LogP) is 3.81. The molecular weight excluding hydrogens is 175 g/mol. The molecule has 73 valence electrons. The zero-order chi connectivity index (χ0) is 10.1. The fourth-order valence-electron chi connectivity index (χ4n) is 1.64. The van der Waals surface area contributed by atoms with Gasteiger partial charge in [-0.3, -0.25) is 0 Å². The van der Waals surface area contributed by atoms with Gasteiger partial charge in [-0.1, -0.05) is 12.1 Å². The molecule has 1 aliphatic rings. The third-order valence-electron chi connectivity index (χ3n) is 2.70. The molecule has 0 nitrogen and oxygen atoms in total. The van der Waals surface area contributed by atoms with Crippen molar-refractivity contribution >= 4 is 0 Å². The molecule has 0 bridgehead atoms. The highest BCUT2D eigenvalue weighted by Crippen LogP contribution is 2.41. The lowest BCUT2D eigenvalue weighted by atomic mass is 9.97. The van der Waals surface area contributed by atoms with Crippen LogP contribution >= 0.6 is 0 Å². The van der Waals surface area contributed by atoms with Crippen molar-refractivity contribution in [2.75, 3.05) is 0 Å². The van der Waals surface area contributed by atoms with Crippen molar-refractivity contribution in [1.29, 1.82) is 0 Å². The molecule has 0 heterocycles. The molecule has 0 N–H and O–H groups in total. The van der Waals surface area contributed by atoms with E-state index < -0.39 is 0 Å². The van der Waals surface area contributed by atoms with E-state index in [9.17, 15) is 4.39 Å². The zero-order valence-electron chi connectivity index (χ0n) is 8.17. The van der Waals surface area contributed by atoms with Crippen LogP contribution in [0.25, 0.3) is 0 Å². The molecule has 1 saturated carbocycles. The first kappa shape index (κ1) is 9.45. The third-order valence-corrected chi connectivity index (χ3v) is 2.70. The highest BCUT2D eigenvalue weighted by atomic mass is 19.1. The van der Waals surface area contributed by atoms with Crippen LogP contribution in [-0.2, 0) is 0 Å². The fourth-order valence-corrected chi connectivity index (χ4v) is 1.64. The molecule has 2 rings (SSSR count). The van der Waals surface area contributed by atoms with Crippen LogP contribution in [0.1, 0.15) is 35.8 Å². The molecule has 1 fully saturated rings. The topological polar surface area (TPSA) is 0 Å². The van der Waals surface area contributed by atoms with E-state index >= 15 is 0 Å². The van der Waals surface area contributed by atoms with Gasteiger partial charge < -0.3 is 0 Å². The Morgan fingerprint density at radius 2 is 2.07 bits per heavy atom. The monoisotopic (exact) mass is 189 g/mol. The summed E-state index contributed by atoms with van der Waals surface area (Å²) in [5, 5.41) is 0. The number of halogens is 1. The second-order valence-electron chi connectivity index (χ2n) is 3.93. The smallest absolute Gasteiger partial charge is 0.123 e. The minimum Gasteiger partial charge on any atom is -0.207 e. The molecule has 1 heteroatoms. The number of benzene rings is 1. The van der Waals surface area contributed by atoms with Gasteiger partial charge in [0.25, 0.3) is 0 Å². The molecule has 1 radical (unpaired) electrons. The fraction of sp³-hybridized carbons (Fsp3) is 0.308. The SMILES string of the molecule is [CH2]C(C=C)c1cc(F)cc(C2CC2)c1. The molecule has 0 amide bonds. The highest BCUT2D eigenvalue weighted by molar-refractivity contribution is 5.34. The molecule has 0 aliphatic heterocycles. The van der Waals surface area contributed by atoms with Crippen LogP contribution in [-0.4, -0.2) is 0 Å². The van der Waals surface area contributed by atoms with E-state index in [0.717, 1.165) is 11.1 Å². The van der Waals surface area contributed by atoms with E-state index in [1.807, 2.05) is 0 Å². The molecule has 14 heavy (non-hydrogen) atoms. The van der Waals surface area contributed by atoms with E-state index in [-0.39, 0.29) is 11.7 Å². The standard InChI is InChI=1S/C13H14F/c1-3-9(2)11-6-12(10-4-5-10)8-13(14)7-11/h3,6-10H,1-2,4-5H2. The van der Waals surface area contributed by atoms with Gasteiger partial charge in [-0.05, 0) is 48.9 Å². The maximum Gasteiger partial charge on any atom is 0.123 e. The van der Waals surface area contributed by atoms with Gasteiger partial charge in [-0.15, -0.1) is 6.58 Å². The first-order valence-electron chi connectivity index (χ1n) is 4.96. The first-order chi connectivity index (χ1) is 6.70. The van der Waals surface area contributed by atoms with E-state index in [1.165, 1.54) is 12.8 Å². The van der Waals surface area contributed by atoms with Gasteiger partial charge >= 0.3 is 0 Å². The molecule has 0 aromatic heterocycles. The Kier molecular flexibility index (Phi) is 2.40. The molecule has 1 aromatic rings. The Morgan fingerprint density at radius 3 is 2.64 bits per heavy atom. The minimum atomic E-state index is -0.153. The van der Waals surface area contributed by atoms with Crippen molar-refractivity contribution < 1.29 is 4.39 Å². The maximum absolute atomic E-state index is 13.3. The van der Waals surface area contributed by atoms with Gasteiger partial charge in [0, 0.05) is 5.92 Å². The molecule has 0 saturated heterocycles. The van der Waals surface area contributed by atoms with Crippen molar-refractivity contribution in [2.24, 2.45) is 0 Å². The third kappa shape index (κ3) is 1.87. The number of hydrogen-bond donors (Lipinski definition) is 0. The predicted molar refractivity (Wildman–Crippen MR) is 56.7 cm³/mol. The van der Waals surface area contributed by atoms with Crippen LogP contribution in [0.2, 0.25) is 0 Å². The highest BCUT2D eigenvalue weighted by Gasteiger charge is 2.24. The first-order valence-corrected chi connectivity index (χ1v) is 4.96. The van der Waals surface area contributed by atoms with Gasteiger partial charge in [0.2, 0.25) is 0 Å². The van der Waals surface area contributed by atoms with Crippen LogP contribution < -0.4 is 0 Å². The summed E-state index contributed by atoms with van der Waals surface area (Å²) in [5.74, 6) is 0.421.